The number of amides is 1. The summed E-state index contributed by atoms with van der Waals surface area (Å²) in [5.41, 5.74) is -0.648. The van der Waals surface area contributed by atoms with Gasteiger partial charge >= 0.3 is 5.97 Å². The number of benzene rings is 1. The molecular weight excluding hydrogens is 262 g/mol. The molecule has 1 aromatic rings. The van der Waals surface area contributed by atoms with E-state index in [2.05, 4.69) is 5.32 Å². The average Bonchev–Trinajstić information content (AvgIpc) is 2.88. The number of aliphatic carboxylic acids is 1. The topological polar surface area (TPSA) is 95.9 Å². The van der Waals surface area contributed by atoms with Gasteiger partial charge in [0.25, 0.3) is 0 Å². The second-order valence-corrected chi connectivity index (χ2v) is 4.87. The van der Waals surface area contributed by atoms with E-state index in [-0.39, 0.29) is 31.1 Å². The molecule has 1 aromatic carbocycles. The molecule has 0 radical (unpaired) electrons. The quantitative estimate of drug-likeness (QED) is 0.736. The van der Waals surface area contributed by atoms with E-state index in [0.717, 1.165) is 0 Å². The Hall–Kier alpha value is -2.08. The molecule has 1 aliphatic heterocycles. The molecule has 0 bridgehead atoms. The van der Waals surface area contributed by atoms with E-state index in [1.807, 2.05) is 0 Å². The molecule has 2 rings (SSSR count). The van der Waals surface area contributed by atoms with Gasteiger partial charge in [0, 0.05) is 19.4 Å². The number of hydrogen-bond donors (Lipinski definition) is 3. The first kappa shape index (κ1) is 14.3. The van der Waals surface area contributed by atoms with E-state index in [9.17, 15) is 19.8 Å². The zero-order valence-corrected chi connectivity index (χ0v) is 11.0. The van der Waals surface area contributed by atoms with Crippen LogP contribution in [0.2, 0.25) is 0 Å². The Morgan fingerprint density at radius 1 is 1.35 bits per heavy atom. The zero-order valence-electron chi connectivity index (χ0n) is 11.0. The van der Waals surface area contributed by atoms with Crippen LogP contribution in [0.15, 0.2) is 24.3 Å². The van der Waals surface area contributed by atoms with E-state index < -0.39 is 11.5 Å². The summed E-state index contributed by atoms with van der Waals surface area (Å²) < 4.78 is 5.07. The Morgan fingerprint density at radius 2 is 2.10 bits per heavy atom. The van der Waals surface area contributed by atoms with Crippen LogP contribution in [-0.2, 0) is 20.7 Å². The lowest BCUT2D eigenvalue weighted by molar-refractivity contribution is -0.147. The van der Waals surface area contributed by atoms with Crippen molar-refractivity contribution in [3.05, 3.63) is 29.8 Å². The molecule has 0 spiro atoms. The van der Waals surface area contributed by atoms with Crippen molar-refractivity contribution in [3.8, 4) is 5.75 Å². The van der Waals surface area contributed by atoms with Crippen molar-refractivity contribution in [2.75, 3.05) is 13.2 Å². The second kappa shape index (κ2) is 5.92. The van der Waals surface area contributed by atoms with Gasteiger partial charge in [-0.1, -0.05) is 18.2 Å². The highest BCUT2D eigenvalue weighted by Crippen LogP contribution is 2.20. The smallest absolute Gasteiger partial charge is 0.331 e. The third kappa shape index (κ3) is 3.08. The maximum Gasteiger partial charge on any atom is 0.331 e. The SMILES string of the molecule is O=C(CCc1ccccc1O)NC1(C(=O)O)CCOC1. The van der Waals surface area contributed by atoms with E-state index in [1.54, 1.807) is 24.3 Å². The molecule has 1 aliphatic rings. The summed E-state index contributed by atoms with van der Waals surface area (Å²) in [5.74, 6) is -1.30. The molecule has 3 N–H and O–H groups in total. The molecule has 0 aromatic heterocycles. The fraction of sp³-hybridized carbons (Fsp3) is 0.429. The molecule has 6 nitrogen and oxygen atoms in total. The Labute approximate surface area is 116 Å². The lowest BCUT2D eigenvalue weighted by Gasteiger charge is -2.23. The van der Waals surface area contributed by atoms with Crippen molar-refractivity contribution in [2.24, 2.45) is 0 Å². The first-order valence-corrected chi connectivity index (χ1v) is 6.42. The highest BCUT2D eigenvalue weighted by molar-refractivity contribution is 5.87. The highest BCUT2D eigenvalue weighted by Gasteiger charge is 2.43. The fourth-order valence-corrected chi connectivity index (χ4v) is 2.19. The molecule has 1 saturated heterocycles. The number of aromatic hydroxyl groups is 1. The largest absolute Gasteiger partial charge is 0.508 e. The fourth-order valence-electron chi connectivity index (χ4n) is 2.19. The van der Waals surface area contributed by atoms with Crippen LogP contribution in [0.25, 0.3) is 0 Å². The zero-order chi connectivity index (χ0) is 14.6. The number of phenolic OH excluding ortho intramolecular Hbond substituents is 1. The van der Waals surface area contributed by atoms with Crippen molar-refractivity contribution in [1.29, 1.82) is 0 Å². The van der Waals surface area contributed by atoms with E-state index in [1.165, 1.54) is 0 Å². The predicted molar refractivity (Wildman–Crippen MR) is 70.4 cm³/mol. The molecule has 108 valence electrons. The Morgan fingerprint density at radius 3 is 2.70 bits per heavy atom. The maximum absolute atomic E-state index is 11.9. The van der Waals surface area contributed by atoms with Crippen LogP contribution in [0, 0.1) is 0 Å². The third-order valence-corrected chi connectivity index (χ3v) is 3.42. The van der Waals surface area contributed by atoms with E-state index in [0.29, 0.717) is 18.6 Å². The molecule has 6 heteroatoms. The maximum atomic E-state index is 11.9. The molecular formula is C14H17NO5. The van der Waals surface area contributed by atoms with Crippen LogP contribution < -0.4 is 5.32 Å². The number of aryl methyl sites for hydroxylation is 1. The van der Waals surface area contributed by atoms with Crippen LogP contribution in [0.3, 0.4) is 0 Å². The van der Waals surface area contributed by atoms with Crippen LogP contribution in [0.4, 0.5) is 0 Å². The summed E-state index contributed by atoms with van der Waals surface area (Å²) in [5, 5.41) is 21.3. The minimum absolute atomic E-state index is 0.00927. The molecule has 1 amide bonds. The summed E-state index contributed by atoms with van der Waals surface area (Å²) in [7, 11) is 0. The van der Waals surface area contributed by atoms with Gasteiger partial charge in [-0.2, -0.15) is 0 Å². The van der Waals surface area contributed by atoms with Gasteiger partial charge in [-0.3, -0.25) is 4.79 Å². The number of carboxylic acids is 1. The number of carbonyl (C=O) groups excluding carboxylic acids is 1. The van der Waals surface area contributed by atoms with E-state index >= 15 is 0 Å². The Balaban J connectivity index is 1.92. The van der Waals surface area contributed by atoms with Crippen LogP contribution in [0.1, 0.15) is 18.4 Å². The molecule has 1 heterocycles. The van der Waals surface area contributed by atoms with Crippen LogP contribution >= 0.6 is 0 Å². The molecule has 20 heavy (non-hydrogen) atoms. The standard InChI is InChI=1S/C14H17NO5/c16-11-4-2-1-3-10(11)5-6-12(17)15-14(13(18)19)7-8-20-9-14/h1-4,16H,5-9H2,(H,15,17)(H,18,19). The molecule has 1 unspecified atom stereocenters. The Bertz CT molecular complexity index is 508. The second-order valence-electron chi connectivity index (χ2n) is 4.87. The number of phenols is 1. The van der Waals surface area contributed by atoms with Crippen molar-refractivity contribution in [1.82, 2.24) is 5.32 Å². The van der Waals surface area contributed by atoms with Crippen molar-refractivity contribution >= 4 is 11.9 Å². The number of carboxylic acid groups (broad SMARTS) is 1. The highest BCUT2D eigenvalue weighted by atomic mass is 16.5. The van der Waals surface area contributed by atoms with Gasteiger partial charge in [0.05, 0.1) is 6.61 Å². The number of rotatable bonds is 5. The van der Waals surface area contributed by atoms with Gasteiger partial charge in [-0.05, 0) is 18.1 Å². The number of nitrogens with one attached hydrogen (secondary N) is 1. The van der Waals surface area contributed by atoms with E-state index in [4.69, 9.17) is 4.74 Å². The summed E-state index contributed by atoms with van der Waals surface area (Å²) in [6.45, 7) is 0.316. The van der Waals surface area contributed by atoms with Gasteiger partial charge in [-0.15, -0.1) is 0 Å². The molecule has 0 saturated carbocycles. The summed E-state index contributed by atoms with van der Waals surface area (Å²) >= 11 is 0. The number of hydrogen-bond acceptors (Lipinski definition) is 4. The number of ether oxygens (including phenoxy) is 1. The van der Waals surface area contributed by atoms with Gasteiger partial charge in [0.15, 0.2) is 5.54 Å². The third-order valence-electron chi connectivity index (χ3n) is 3.42. The lowest BCUT2D eigenvalue weighted by atomic mass is 9.98. The number of para-hydroxylation sites is 1. The van der Waals surface area contributed by atoms with Gasteiger partial charge < -0.3 is 20.3 Å². The van der Waals surface area contributed by atoms with Crippen molar-refractivity contribution in [3.63, 3.8) is 0 Å². The lowest BCUT2D eigenvalue weighted by Crippen LogP contribution is -2.55. The van der Waals surface area contributed by atoms with Crippen LogP contribution in [0.5, 0.6) is 5.75 Å². The monoisotopic (exact) mass is 279 g/mol. The predicted octanol–water partition coefficient (Wildman–Crippen LogP) is 0.685. The van der Waals surface area contributed by atoms with Crippen LogP contribution in [-0.4, -0.2) is 40.8 Å². The molecule has 1 fully saturated rings. The molecule has 1 atom stereocenters. The summed E-state index contributed by atoms with van der Waals surface area (Å²) in [6, 6.07) is 6.76. The first-order valence-electron chi connectivity index (χ1n) is 6.42. The first-order chi connectivity index (χ1) is 9.53. The average molecular weight is 279 g/mol. The normalized spacial score (nSPS) is 21.6. The Kier molecular flexibility index (Phi) is 4.24. The van der Waals surface area contributed by atoms with Crippen molar-refractivity contribution in [2.45, 2.75) is 24.8 Å². The van der Waals surface area contributed by atoms with Gasteiger partial charge in [0.2, 0.25) is 5.91 Å². The van der Waals surface area contributed by atoms with Gasteiger partial charge in [0.1, 0.15) is 5.75 Å². The summed E-state index contributed by atoms with van der Waals surface area (Å²) in [6.07, 6.45) is 0.742. The van der Waals surface area contributed by atoms with Crippen molar-refractivity contribution < 1.29 is 24.5 Å². The minimum Gasteiger partial charge on any atom is -0.508 e. The summed E-state index contributed by atoms with van der Waals surface area (Å²) in [4.78, 5) is 23.1. The minimum atomic E-state index is -1.31. The van der Waals surface area contributed by atoms with Gasteiger partial charge in [-0.25, -0.2) is 4.79 Å². The number of carbonyl (C=O) groups is 2. The molecule has 0 aliphatic carbocycles.